The number of benzene rings is 2. The SMILES string of the molecule is Cc1ccc([C@@]2(C(F)(F)F)N/C(=C(/C#N)c3ccccn3)O[C@@H]2C(=O)c2ccc(Br)cc2)cc1. The maximum atomic E-state index is 14.9. The Kier molecular flexibility index (Phi) is 6.19. The number of nitriles is 1. The van der Waals surface area contributed by atoms with Gasteiger partial charge >= 0.3 is 6.18 Å². The summed E-state index contributed by atoms with van der Waals surface area (Å²) in [5, 5.41) is 12.1. The number of ether oxygens (including phenoxy) is 1. The van der Waals surface area contributed by atoms with Crippen LogP contribution in [0.3, 0.4) is 0 Å². The van der Waals surface area contributed by atoms with Gasteiger partial charge in [-0.05, 0) is 36.8 Å². The molecule has 0 unspecified atom stereocenters. The number of aryl methyl sites for hydroxylation is 1. The Morgan fingerprint density at radius 2 is 1.79 bits per heavy atom. The lowest BCUT2D eigenvalue weighted by Gasteiger charge is -2.34. The molecule has 3 aromatic rings. The molecule has 0 saturated carbocycles. The van der Waals surface area contributed by atoms with Crippen molar-refractivity contribution in [1.82, 2.24) is 10.3 Å². The molecule has 0 radical (unpaired) electrons. The summed E-state index contributed by atoms with van der Waals surface area (Å²) < 4.78 is 51.1. The minimum absolute atomic E-state index is 0.0355. The number of rotatable bonds is 4. The minimum Gasteiger partial charge on any atom is -0.463 e. The smallest absolute Gasteiger partial charge is 0.419 e. The number of carbonyl (C=O) groups is 1. The number of allylic oxidation sites excluding steroid dienone is 1. The Balaban J connectivity index is 1.95. The summed E-state index contributed by atoms with van der Waals surface area (Å²) >= 11 is 3.25. The first-order valence-corrected chi connectivity index (χ1v) is 10.9. The fourth-order valence-electron chi connectivity index (χ4n) is 3.78. The summed E-state index contributed by atoms with van der Waals surface area (Å²) in [5.41, 5.74) is -2.49. The van der Waals surface area contributed by atoms with Gasteiger partial charge in [-0.2, -0.15) is 18.4 Å². The van der Waals surface area contributed by atoms with Gasteiger partial charge in [0.25, 0.3) is 0 Å². The van der Waals surface area contributed by atoms with Crippen molar-refractivity contribution in [3.05, 3.63) is 106 Å². The summed E-state index contributed by atoms with van der Waals surface area (Å²) in [6.07, 6.45) is -5.59. The van der Waals surface area contributed by atoms with E-state index in [9.17, 15) is 23.2 Å². The molecule has 0 spiro atoms. The second kappa shape index (κ2) is 8.95. The van der Waals surface area contributed by atoms with E-state index in [2.05, 4.69) is 26.2 Å². The Morgan fingerprint density at radius 1 is 1.12 bits per heavy atom. The highest BCUT2D eigenvalue weighted by atomic mass is 79.9. The zero-order valence-electron chi connectivity index (χ0n) is 17.7. The Hall–Kier alpha value is -3.64. The molecular formula is C25H17BrF3N3O2. The molecule has 2 heterocycles. The number of hydrogen-bond acceptors (Lipinski definition) is 5. The third-order valence-corrected chi connectivity index (χ3v) is 6.05. The van der Waals surface area contributed by atoms with Gasteiger partial charge < -0.3 is 10.1 Å². The first-order chi connectivity index (χ1) is 16.2. The van der Waals surface area contributed by atoms with Gasteiger partial charge in [-0.25, -0.2) is 0 Å². The van der Waals surface area contributed by atoms with Gasteiger partial charge in [-0.15, -0.1) is 0 Å². The number of nitrogens with one attached hydrogen (secondary N) is 1. The highest BCUT2D eigenvalue weighted by Crippen LogP contribution is 2.49. The topological polar surface area (TPSA) is 75.0 Å². The first-order valence-electron chi connectivity index (χ1n) is 10.1. The van der Waals surface area contributed by atoms with Gasteiger partial charge in [0.05, 0.1) is 5.69 Å². The Labute approximate surface area is 202 Å². The summed E-state index contributed by atoms with van der Waals surface area (Å²) in [4.78, 5) is 17.5. The fourth-order valence-corrected chi connectivity index (χ4v) is 4.04. The van der Waals surface area contributed by atoms with Crippen molar-refractivity contribution in [3.8, 4) is 6.07 Å². The lowest BCUT2D eigenvalue weighted by atomic mass is 9.80. The van der Waals surface area contributed by atoms with E-state index in [-0.39, 0.29) is 22.4 Å². The number of hydrogen-bond donors (Lipinski definition) is 1. The largest absolute Gasteiger partial charge is 0.463 e. The van der Waals surface area contributed by atoms with E-state index in [1.165, 1.54) is 48.7 Å². The van der Waals surface area contributed by atoms with Crippen molar-refractivity contribution in [1.29, 1.82) is 5.26 Å². The van der Waals surface area contributed by atoms with Crippen molar-refractivity contribution in [2.75, 3.05) is 0 Å². The van der Waals surface area contributed by atoms with Crippen LogP contribution in [0.2, 0.25) is 0 Å². The van der Waals surface area contributed by atoms with Crippen LogP contribution in [-0.4, -0.2) is 23.0 Å². The van der Waals surface area contributed by atoms with Crippen LogP contribution < -0.4 is 5.32 Å². The predicted octanol–water partition coefficient (Wildman–Crippen LogP) is 5.67. The third-order valence-electron chi connectivity index (χ3n) is 5.52. The molecule has 0 bridgehead atoms. The quantitative estimate of drug-likeness (QED) is 0.349. The van der Waals surface area contributed by atoms with E-state index in [1.807, 2.05) is 6.07 Å². The molecule has 0 aliphatic carbocycles. The number of alkyl halides is 3. The third kappa shape index (κ3) is 4.05. The minimum atomic E-state index is -4.97. The van der Waals surface area contributed by atoms with Crippen LogP contribution in [0.4, 0.5) is 13.2 Å². The van der Waals surface area contributed by atoms with Crippen LogP contribution in [0.25, 0.3) is 5.57 Å². The maximum Gasteiger partial charge on any atom is 0.419 e. The van der Waals surface area contributed by atoms with E-state index in [0.717, 1.165) is 5.56 Å². The van der Waals surface area contributed by atoms with Crippen molar-refractivity contribution in [2.45, 2.75) is 24.7 Å². The van der Waals surface area contributed by atoms with Crippen LogP contribution in [0.15, 0.2) is 83.3 Å². The summed E-state index contributed by atoms with van der Waals surface area (Å²) in [6.45, 7) is 1.74. The normalized spacial score (nSPS) is 21.2. The van der Waals surface area contributed by atoms with E-state index >= 15 is 0 Å². The zero-order chi connectivity index (χ0) is 24.5. The number of aromatic nitrogens is 1. The highest BCUT2D eigenvalue weighted by molar-refractivity contribution is 9.10. The number of nitrogens with zero attached hydrogens (tertiary/aromatic N) is 2. The van der Waals surface area contributed by atoms with Crippen molar-refractivity contribution >= 4 is 27.3 Å². The van der Waals surface area contributed by atoms with Gasteiger partial charge in [0, 0.05) is 16.2 Å². The molecular weight excluding hydrogens is 511 g/mol. The molecule has 5 nitrogen and oxygen atoms in total. The van der Waals surface area contributed by atoms with E-state index in [1.54, 1.807) is 31.2 Å². The molecule has 1 N–H and O–H groups in total. The molecule has 1 aliphatic rings. The van der Waals surface area contributed by atoms with E-state index < -0.39 is 29.5 Å². The van der Waals surface area contributed by atoms with Crippen molar-refractivity contribution < 1.29 is 22.7 Å². The fraction of sp³-hybridized carbons (Fsp3) is 0.160. The van der Waals surface area contributed by atoms with Gasteiger partial charge in [0.2, 0.25) is 17.2 Å². The number of ketones is 1. The second-order valence-corrected chi connectivity index (χ2v) is 8.61. The molecule has 1 aliphatic heterocycles. The zero-order valence-corrected chi connectivity index (χ0v) is 19.3. The highest BCUT2D eigenvalue weighted by Gasteiger charge is 2.68. The number of Topliss-reactive ketones (excluding diaryl/α,β-unsaturated/α-hetero) is 1. The Bertz CT molecular complexity index is 1280. The number of halogens is 4. The molecule has 172 valence electrons. The average Bonchev–Trinajstić information content (AvgIpc) is 3.22. The van der Waals surface area contributed by atoms with Gasteiger partial charge in [0.15, 0.2) is 6.10 Å². The van der Waals surface area contributed by atoms with Crippen molar-refractivity contribution in [2.24, 2.45) is 0 Å². The standard InChI is InChI=1S/C25H17BrF3N3O2/c1-15-5-9-17(10-6-15)24(25(27,28)29)22(21(33)16-7-11-18(26)12-8-16)34-23(32-24)19(14-30)20-4-2-3-13-31-20/h2-13,22,32H,1H3/b23-19+/t22-,24-/m1/s1. The van der Waals surface area contributed by atoms with Gasteiger partial charge in [-0.1, -0.05) is 64.0 Å². The van der Waals surface area contributed by atoms with Gasteiger partial charge in [-0.3, -0.25) is 9.78 Å². The maximum absolute atomic E-state index is 14.9. The summed E-state index contributed by atoms with van der Waals surface area (Å²) in [7, 11) is 0. The molecule has 2 atom stereocenters. The molecule has 1 aromatic heterocycles. The van der Waals surface area contributed by atoms with E-state index in [4.69, 9.17) is 4.74 Å². The first kappa shape index (κ1) is 23.5. The second-order valence-electron chi connectivity index (χ2n) is 7.70. The van der Waals surface area contributed by atoms with Crippen LogP contribution in [-0.2, 0) is 10.3 Å². The number of carbonyl (C=O) groups excluding carboxylic acids is 1. The Morgan fingerprint density at radius 3 is 2.35 bits per heavy atom. The van der Waals surface area contributed by atoms with Crippen LogP contribution in [0.1, 0.15) is 27.2 Å². The van der Waals surface area contributed by atoms with E-state index in [0.29, 0.717) is 4.47 Å². The number of pyridine rings is 1. The lowest BCUT2D eigenvalue weighted by Crippen LogP contribution is -2.58. The molecule has 0 amide bonds. The average molecular weight is 528 g/mol. The molecule has 4 rings (SSSR count). The predicted molar refractivity (Wildman–Crippen MR) is 122 cm³/mol. The van der Waals surface area contributed by atoms with Gasteiger partial charge in [0.1, 0.15) is 11.6 Å². The lowest BCUT2D eigenvalue weighted by molar-refractivity contribution is -0.204. The van der Waals surface area contributed by atoms with Crippen LogP contribution in [0.5, 0.6) is 0 Å². The van der Waals surface area contributed by atoms with Crippen molar-refractivity contribution in [3.63, 3.8) is 0 Å². The van der Waals surface area contributed by atoms with Crippen LogP contribution in [0, 0.1) is 18.3 Å². The monoisotopic (exact) mass is 527 g/mol. The molecule has 1 fully saturated rings. The molecule has 1 saturated heterocycles. The molecule has 2 aromatic carbocycles. The van der Waals surface area contributed by atoms with Crippen LogP contribution >= 0.6 is 15.9 Å². The molecule has 9 heteroatoms. The molecule has 34 heavy (non-hydrogen) atoms. The summed E-state index contributed by atoms with van der Waals surface area (Å²) in [5.74, 6) is -1.35. The summed E-state index contributed by atoms with van der Waals surface area (Å²) in [6, 6.07) is 18.1.